The monoisotopic (exact) mass is 272 g/mol. The number of benzene rings is 1. The van der Waals surface area contributed by atoms with Crippen molar-refractivity contribution < 1.29 is 4.79 Å². The molecule has 1 atom stereocenters. The van der Waals surface area contributed by atoms with Gasteiger partial charge in [0.05, 0.1) is 0 Å². The lowest BCUT2D eigenvalue weighted by molar-refractivity contribution is -0.116. The van der Waals surface area contributed by atoms with Crippen LogP contribution in [0.3, 0.4) is 0 Å². The van der Waals surface area contributed by atoms with Gasteiger partial charge in [-0.15, -0.1) is 0 Å². The molecule has 0 saturated heterocycles. The number of anilines is 1. The van der Waals surface area contributed by atoms with Crippen molar-refractivity contribution >= 4 is 11.6 Å². The molecule has 1 fully saturated rings. The Morgan fingerprint density at radius 3 is 2.70 bits per heavy atom. The molecule has 1 aliphatic heterocycles. The van der Waals surface area contributed by atoms with E-state index in [0.717, 1.165) is 17.7 Å². The van der Waals surface area contributed by atoms with Crippen LogP contribution in [-0.2, 0) is 11.2 Å². The molecule has 0 radical (unpaired) electrons. The minimum Gasteiger partial charge on any atom is -0.326 e. The van der Waals surface area contributed by atoms with E-state index in [1.165, 1.54) is 43.2 Å². The summed E-state index contributed by atoms with van der Waals surface area (Å²) < 4.78 is 0. The molecule has 0 spiro atoms. The van der Waals surface area contributed by atoms with Crippen LogP contribution in [0.25, 0.3) is 0 Å². The van der Waals surface area contributed by atoms with Gasteiger partial charge >= 0.3 is 0 Å². The quantitative estimate of drug-likeness (QED) is 0.866. The highest BCUT2D eigenvalue weighted by atomic mass is 16.1. The Bertz CT molecular complexity index is 518. The average Bonchev–Trinajstić information content (AvgIpc) is 2.48. The predicted molar refractivity (Wildman–Crippen MR) is 81.6 cm³/mol. The lowest BCUT2D eigenvalue weighted by Gasteiger charge is -2.29. The Morgan fingerprint density at radius 1 is 1.20 bits per heavy atom. The summed E-state index contributed by atoms with van der Waals surface area (Å²) in [5.41, 5.74) is 11.2. The third-order valence-corrected chi connectivity index (χ3v) is 4.87. The first-order chi connectivity index (χ1) is 9.65. The number of hydrogen-bond donors (Lipinski definition) is 2. The van der Waals surface area contributed by atoms with Gasteiger partial charge in [0.15, 0.2) is 0 Å². The van der Waals surface area contributed by atoms with Crippen LogP contribution in [0.2, 0.25) is 0 Å². The number of amides is 1. The molecular formula is C17H24N2O. The molecule has 0 aromatic heterocycles. The smallest absolute Gasteiger partial charge is 0.224 e. The molecule has 1 unspecified atom stereocenters. The zero-order valence-corrected chi connectivity index (χ0v) is 12.2. The van der Waals surface area contributed by atoms with E-state index in [9.17, 15) is 4.79 Å². The number of fused-ring (bicyclic) bond motifs is 1. The number of nitrogens with two attached hydrogens (primary N) is 1. The molecular weight excluding hydrogens is 248 g/mol. The first-order valence-electron chi connectivity index (χ1n) is 7.84. The largest absolute Gasteiger partial charge is 0.326 e. The van der Waals surface area contributed by atoms with Crippen molar-refractivity contribution in [1.29, 1.82) is 0 Å². The van der Waals surface area contributed by atoms with Gasteiger partial charge in [-0.25, -0.2) is 0 Å². The topological polar surface area (TPSA) is 55.1 Å². The van der Waals surface area contributed by atoms with Crippen molar-refractivity contribution in [2.24, 2.45) is 11.7 Å². The van der Waals surface area contributed by atoms with Gasteiger partial charge in [0.1, 0.15) is 0 Å². The summed E-state index contributed by atoms with van der Waals surface area (Å²) in [7, 11) is 0. The summed E-state index contributed by atoms with van der Waals surface area (Å²) in [6.45, 7) is 2.07. The van der Waals surface area contributed by atoms with Crippen LogP contribution in [0.4, 0.5) is 5.69 Å². The molecule has 1 aromatic carbocycles. The number of carbonyl (C=O) groups excluding carboxylic acids is 1. The molecule has 1 amide bonds. The Hall–Kier alpha value is -1.35. The maximum absolute atomic E-state index is 11.5. The van der Waals surface area contributed by atoms with E-state index >= 15 is 0 Å². The molecule has 0 bridgehead atoms. The highest BCUT2D eigenvalue weighted by Crippen LogP contribution is 2.36. The van der Waals surface area contributed by atoms with Crippen molar-refractivity contribution in [3.05, 3.63) is 28.8 Å². The fraction of sp³-hybridized carbons (Fsp3) is 0.588. The summed E-state index contributed by atoms with van der Waals surface area (Å²) in [5.74, 6) is 0.754. The normalized spacial score (nSPS) is 21.2. The van der Waals surface area contributed by atoms with Crippen molar-refractivity contribution in [1.82, 2.24) is 0 Å². The van der Waals surface area contributed by atoms with Gasteiger partial charge in [-0.3, -0.25) is 4.79 Å². The van der Waals surface area contributed by atoms with Gasteiger partial charge in [0, 0.05) is 18.2 Å². The molecule has 1 aliphatic carbocycles. The van der Waals surface area contributed by atoms with Gasteiger partial charge in [0.2, 0.25) is 5.91 Å². The highest BCUT2D eigenvalue weighted by Gasteiger charge is 2.24. The lowest BCUT2D eigenvalue weighted by Crippen LogP contribution is -2.25. The highest BCUT2D eigenvalue weighted by molar-refractivity contribution is 5.94. The summed E-state index contributed by atoms with van der Waals surface area (Å²) >= 11 is 0. The van der Waals surface area contributed by atoms with Crippen LogP contribution in [0, 0.1) is 12.8 Å². The van der Waals surface area contributed by atoms with Crippen molar-refractivity contribution in [3.8, 4) is 0 Å². The Balaban J connectivity index is 1.87. The fourth-order valence-electron chi connectivity index (χ4n) is 3.67. The van der Waals surface area contributed by atoms with Gasteiger partial charge < -0.3 is 11.1 Å². The molecule has 2 aliphatic rings. The average molecular weight is 272 g/mol. The van der Waals surface area contributed by atoms with Crippen LogP contribution in [0.5, 0.6) is 0 Å². The molecule has 1 saturated carbocycles. The first kappa shape index (κ1) is 13.6. The summed E-state index contributed by atoms with van der Waals surface area (Å²) in [6, 6.07) is 4.54. The Kier molecular flexibility index (Phi) is 3.79. The van der Waals surface area contributed by atoms with Crippen LogP contribution < -0.4 is 11.1 Å². The Morgan fingerprint density at radius 2 is 1.95 bits per heavy atom. The number of aryl methyl sites for hydroxylation is 2. The summed E-state index contributed by atoms with van der Waals surface area (Å²) in [4.78, 5) is 11.5. The number of hydrogen-bond acceptors (Lipinski definition) is 2. The Labute approximate surface area is 120 Å². The molecule has 20 heavy (non-hydrogen) atoms. The van der Waals surface area contributed by atoms with E-state index in [0.29, 0.717) is 12.3 Å². The molecule has 1 heterocycles. The number of carbonyl (C=O) groups is 1. The number of rotatable bonds is 2. The summed E-state index contributed by atoms with van der Waals surface area (Å²) in [6.07, 6.45) is 7.94. The first-order valence-corrected chi connectivity index (χ1v) is 7.84. The van der Waals surface area contributed by atoms with E-state index in [-0.39, 0.29) is 11.9 Å². The van der Waals surface area contributed by atoms with Crippen LogP contribution >= 0.6 is 0 Å². The van der Waals surface area contributed by atoms with E-state index in [1.807, 2.05) is 0 Å². The zero-order chi connectivity index (χ0) is 14.1. The van der Waals surface area contributed by atoms with Gasteiger partial charge in [-0.05, 0) is 48.8 Å². The predicted octanol–water partition coefficient (Wildman–Crippen LogP) is 3.46. The maximum Gasteiger partial charge on any atom is 0.224 e. The standard InChI is InChI=1S/C17H24N2O/c1-11-9-14(16(18)12-5-3-2-4-6-12)10-13-7-8-15(20)19-17(11)13/h9-10,12,16H,2-8,18H2,1H3,(H,19,20). The third-order valence-electron chi connectivity index (χ3n) is 4.87. The summed E-state index contributed by atoms with van der Waals surface area (Å²) in [5, 5.41) is 2.99. The molecule has 3 nitrogen and oxygen atoms in total. The van der Waals surface area contributed by atoms with E-state index in [2.05, 4.69) is 24.4 Å². The van der Waals surface area contributed by atoms with Gasteiger partial charge in [-0.2, -0.15) is 0 Å². The van der Waals surface area contributed by atoms with E-state index in [1.54, 1.807) is 0 Å². The van der Waals surface area contributed by atoms with Crippen LogP contribution in [0.1, 0.15) is 61.3 Å². The van der Waals surface area contributed by atoms with E-state index in [4.69, 9.17) is 5.73 Å². The van der Waals surface area contributed by atoms with Crippen LogP contribution in [-0.4, -0.2) is 5.91 Å². The van der Waals surface area contributed by atoms with Gasteiger partial charge in [-0.1, -0.05) is 31.4 Å². The molecule has 108 valence electrons. The molecule has 3 N–H and O–H groups in total. The maximum atomic E-state index is 11.5. The molecule has 3 heteroatoms. The van der Waals surface area contributed by atoms with Gasteiger partial charge in [0.25, 0.3) is 0 Å². The van der Waals surface area contributed by atoms with Crippen molar-refractivity contribution in [3.63, 3.8) is 0 Å². The second-order valence-electron chi connectivity index (χ2n) is 6.34. The fourth-order valence-corrected chi connectivity index (χ4v) is 3.67. The second kappa shape index (κ2) is 5.57. The number of nitrogens with one attached hydrogen (secondary N) is 1. The minimum absolute atomic E-state index is 0.130. The van der Waals surface area contributed by atoms with Crippen LogP contribution in [0.15, 0.2) is 12.1 Å². The minimum atomic E-state index is 0.130. The van der Waals surface area contributed by atoms with Crippen molar-refractivity contribution in [2.75, 3.05) is 5.32 Å². The zero-order valence-electron chi connectivity index (χ0n) is 12.2. The van der Waals surface area contributed by atoms with Crippen molar-refractivity contribution in [2.45, 2.75) is 57.9 Å². The van der Waals surface area contributed by atoms with E-state index < -0.39 is 0 Å². The SMILES string of the molecule is Cc1cc(C(N)C2CCCCC2)cc2c1NC(=O)CC2. The lowest BCUT2D eigenvalue weighted by atomic mass is 9.80. The second-order valence-corrected chi connectivity index (χ2v) is 6.34. The third kappa shape index (κ3) is 2.59. The molecule has 1 aromatic rings. The molecule has 3 rings (SSSR count).